The van der Waals surface area contributed by atoms with Crippen molar-refractivity contribution in [3.8, 4) is 22.6 Å². The summed E-state index contributed by atoms with van der Waals surface area (Å²) in [5.74, 6) is 1.12. The first kappa shape index (κ1) is 21.4. The molecule has 2 N–H and O–H groups in total. The number of hydrogen-bond acceptors (Lipinski definition) is 4. The molecule has 168 valence electrons. The summed E-state index contributed by atoms with van der Waals surface area (Å²) in [7, 11) is 0. The Balaban J connectivity index is 1.24. The summed E-state index contributed by atoms with van der Waals surface area (Å²) >= 11 is 0. The molecule has 1 aromatic heterocycles. The Hall–Kier alpha value is -4.45. The van der Waals surface area contributed by atoms with Crippen LogP contribution in [0, 0.1) is 0 Å². The van der Waals surface area contributed by atoms with Gasteiger partial charge in [0.15, 0.2) is 0 Å². The van der Waals surface area contributed by atoms with Crippen LogP contribution in [0.25, 0.3) is 11.1 Å². The highest BCUT2D eigenvalue weighted by Crippen LogP contribution is 2.24. The second kappa shape index (κ2) is 9.58. The summed E-state index contributed by atoms with van der Waals surface area (Å²) in [5.41, 5.74) is 3.40. The zero-order valence-electron chi connectivity index (χ0n) is 18.4. The second-order valence-corrected chi connectivity index (χ2v) is 8.18. The highest BCUT2D eigenvalue weighted by atomic mass is 16.5. The summed E-state index contributed by atoms with van der Waals surface area (Å²) in [5, 5.41) is 5.87. The molecule has 0 saturated heterocycles. The van der Waals surface area contributed by atoms with Gasteiger partial charge in [0, 0.05) is 35.2 Å². The number of benzene rings is 3. The summed E-state index contributed by atoms with van der Waals surface area (Å²) < 4.78 is 5.78. The summed E-state index contributed by atoms with van der Waals surface area (Å²) in [6.45, 7) is 0. The SMILES string of the molecule is O=C(Nc1ccc(Oc2ccccc2)cc1)c1cncc(-c2ccc(C(=O)NC3CC3)cc2)c1. The van der Waals surface area contributed by atoms with Gasteiger partial charge in [-0.1, -0.05) is 30.3 Å². The minimum absolute atomic E-state index is 0.0551. The van der Waals surface area contributed by atoms with Crippen LogP contribution in [0.2, 0.25) is 0 Å². The van der Waals surface area contributed by atoms with Crippen molar-refractivity contribution < 1.29 is 14.3 Å². The van der Waals surface area contributed by atoms with Gasteiger partial charge in [0.2, 0.25) is 0 Å². The Labute approximate surface area is 197 Å². The van der Waals surface area contributed by atoms with Gasteiger partial charge in [-0.25, -0.2) is 0 Å². The van der Waals surface area contributed by atoms with Crippen LogP contribution < -0.4 is 15.4 Å². The summed E-state index contributed by atoms with van der Waals surface area (Å²) in [6.07, 6.45) is 5.33. The van der Waals surface area contributed by atoms with E-state index in [1.807, 2.05) is 42.5 Å². The highest BCUT2D eigenvalue weighted by molar-refractivity contribution is 6.04. The lowest BCUT2D eigenvalue weighted by atomic mass is 10.0. The third-order valence-corrected chi connectivity index (χ3v) is 5.48. The Morgan fingerprint density at radius 3 is 2.15 bits per heavy atom. The standard InChI is InChI=1S/C28H23N3O3/c32-27(30-23-10-11-23)20-8-6-19(7-9-20)21-16-22(18-29-17-21)28(33)31-24-12-14-26(15-13-24)34-25-4-2-1-3-5-25/h1-9,12-18,23H,10-11H2,(H,30,32)(H,31,33). The number of amides is 2. The van der Waals surface area contributed by atoms with E-state index in [0.717, 1.165) is 29.7 Å². The van der Waals surface area contributed by atoms with Gasteiger partial charge in [-0.2, -0.15) is 0 Å². The van der Waals surface area contributed by atoms with Gasteiger partial charge in [-0.15, -0.1) is 0 Å². The molecule has 1 fully saturated rings. The molecule has 6 nitrogen and oxygen atoms in total. The number of para-hydroxylation sites is 1. The molecular formula is C28H23N3O3. The molecule has 1 aliphatic carbocycles. The number of ether oxygens (including phenoxy) is 1. The van der Waals surface area contributed by atoms with Gasteiger partial charge in [-0.05, 0) is 73.0 Å². The highest BCUT2D eigenvalue weighted by Gasteiger charge is 2.23. The van der Waals surface area contributed by atoms with Crippen LogP contribution in [0.5, 0.6) is 11.5 Å². The summed E-state index contributed by atoms with van der Waals surface area (Å²) in [6, 6.07) is 26.1. The quantitative estimate of drug-likeness (QED) is 0.380. The largest absolute Gasteiger partial charge is 0.457 e. The maximum Gasteiger partial charge on any atom is 0.257 e. The first-order valence-corrected chi connectivity index (χ1v) is 11.1. The fraction of sp³-hybridized carbons (Fsp3) is 0.107. The fourth-order valence-corrected chi connectivity index (χ4v) is 3.47. The molecule has 0 aliphatic heterocycles. The third kappa shape index (κ3) is 5.30. The zero-order valence-corrected chi connectivity index (χ0v) is 18.4. The number of nitrogens with one attached hydrogen (secondary N) is 2. The van der Waals surface area contributed by atoms with E-state index in [9.17, 15) is 9.59 Å². The number of carbonyl (C=O) groups excluding carboxylic acids is 2. The molecule has 0 bridgehead atoms. The number of nitrogens with zero attached hydrogens (tertiary/aromatic N) is 1. The van der Waals surface area contributed by atoms with Crippen LogP contribution in [0.4, 0.5) is 5.69 Å². The van der Waals surface area contributed by atoms with Crippen molar-refractivity contribution in [1.82, 2.24) is 10.3 Å². The molecule has 3 aromatic carbocycles. The molecule has 0 spiro atoms. The topological polar surface area (TPSA) is 80.3 Å². The van der Waals surface area contributed by atoms with E-state index < -0.39 is 0 Å². The van der Waals surface area contributed by atoms with Crippen molar-refractivity contribution in [1.29, 1.82) is 0 Å². The Kier molecular flexibility index (Phi) is 6.03. The molecule has 34 heavy (non-hydrogen) atoms. The molecule has 5 rings (SSSR count). The van der Waals surface area contributed by atoms with E-state index in [2.05, 4.69) is 15.6 Å². The molecule has 1 saturated carbocycles. The molecule has 4 aromatic rings. The second-order valence-electron chi connectivity index (χ2n) is 8.18. The van der Waals surface area contributed by atoms with Crippen molar-refractivity contribution in [2.45, 2.75) is 18.9 Å². The molecule has 0 atom stereocenters. The lowest BCUT2D eigenvalue weighted by Crippen LogP contribution is -2.25. The first-order valence-electron chi connectivity index (χ1n) is 11.1. The average molecular weight is 450 g/mol. The number of aromatic nitrogens is 1. The van der Waals surface area contributed by atoms with Gasteiger partial charge in [0.1, 0.15) is 11.5 Å². The van der Waals surface area contributed by atoms with E-state index in [1.165, 1.54) is 6.20 Å². The van der Waals surface area contributed by atoms with Crippen molar-refractivity contribution in [3.05, 3.63) is 108 Å². The number of anilines is 1. The van der Waals surface area contributed by atoms with Crippen LogP contribution in [0.3, 0.4) is 0 Å². The van der Waals surface area contributed by atoms with E-state index in [0.29, 0.717) is 28.6 Å². The molecule has 1 heterocycles. The molecule has 0 radical (unpaired) electrons. The lowest BCUT2D eigenvalue weighted by Gasteiger charge is -2.09. The van der Waals surface area contributed by atoms with Crippen LogP contribution in [-0.2, 0) is 0 Å². The van der Waals surface area contributed by atoms with Crippen molar-refractivity contribution in [2.75, 3.05) is 5.32 Å². The molecule has 6 heteroatoms. The average Bonchev–Trinajstić information content (AvgIpc) is 3.70. The minimum Gasteiger partial charge on any atom is -0.457 e. The van der Waals surface area contributed by atoms with E-state index in [1.54, 1.807) is 48.7 Å². The normalized spacial score (nSPS) is 12.6. The molecule has 1 aliphatic rings. The minimum atomic E-state index is -0.258. The van der Waals surface area contributed by atoms with Crippen LogP contribution in [0.1, 0.15) is 33.6 Å². The van der Waals surface area contributed by atoms with Crippen LogP contribution in [0.15, 0.2) is 97.3 Å². The maximum absolute atomic E-state index is 12.8. The van der Waals surface area contributed by atoms with Gasteiger partial charge in [0.25, 0.3) is 11.8 Å². The smallest absolute Gasteiger partial charge is 0.257 e. The van der Waals surface area contributed by atoms with Gasteiger partial charge in [0.05, 0.1) is 5.56 Å². The van der Waals surface area contributed by atoms with Crippen molar-refractivity contribution in [2.24, 2.45) is 0 Å². The molecule has 0 unspecified atom stereocenters. The number of carbonyl (C=O) groups is 2. The van der Waals surface area contributed by atoms with E-state index in [-0.39, 0.29) is 11.8 Å². The number of pyridine rings is 1. The van der Waals surface area contributed by atoms with Crippen molar-refractivity contribution >= 4 is 17.5 Å². The van der Waals surface area contributed by atoms with Gasteiger partial charge >= 0.3 is 0 Å². The van der Waals surface area contributed by atoms with E-state index >= 15 is 0 Å². The Morgan fingerprint density at radius 2 is 1.44 bits per heavy atom. The van der Waals surface area contributed by atoms with Crippen molar-refractivity contribution in [3.63, 3.8) is 0 Å². The van der Waals surface area contributed by atoms with Gasteiger partial charge in [-0.3, -0.25) is 14.6 Å². The summed E-state index contributed by atoms with van der Waals surface area (Å²) in [4.78, 5) is 29.2. The maximum atomic E-state index is 12.8. The van der Waals surface area contributed by atoms with E-state index in [4.69, 9.17) is 4.74 Å². The zero-order chi connectivity index (χ0) is 23.3. The third-order valence-electron chi connectivity index (χ3n) is 5.48. The van der Waals surface area contributed by atoms with Crippen LogP contribution in [-0.4, -0.2) is 22.8 Å². The number of hydrogen-bond donors (Lipinski definition) is 2. The number of rotatable bonds is 7. The van der Waals surface area contributed by atoms with Crippen LogP contribution >= 0.6 is 0 Å². The predicted octanol–water partition coefficient (Wildman–Crippen LogP) is 5.69. The fourth-order valence-electron chi connectivity index (χ4n) is 3.47. The Bertz CT molecular complexity index is 1300. The molecular weight excluding hydrogens is 426 g/mol. The lowest BCUT2D eigenvalue weighted by molar-refractivity contribution is 0.0950. The first-order chi connectivity index (χ1) is 16.6. The Morgan fingerprint density at radius 1 is 0.735 bits per heavy atom. The van der Waals surface area contributed by atoms with Gasteiger partial charge < -0.3 is 15.4 Å². The predicted molar refractivity (Wildman–Crippen MR) is 131 cm³/mol. The monoisotopic (exact) mass is 449 g/mol. The molecule has 2 amide bonds.